The van der Waals surface area contributed by atoms with Crippen molar-refractivity contribution in [3.05, 3.63) is 92.1 Å². The molecule has 0 unspecified atom stereocenters. The fraction of sp³-hybridized carbons (Fsp3) is 0. The van der Waals surface area contributed by atoms with Gasteiger partial charge in [-0.15, -0.1) is 0 Å². The van der Waals surface area contributed by atoms with Gasteiger partial charge in [-0.1, -0.05) is 29.8 Å². The maximum atomic E-state index is 12.7. The van der Waals surface area contributed by atoms with Gasteiger partial charge in [-0.25, -0.2) is 14.6 Å². The van der Waals surface area contributed by atoms with Crippen LogP contribution in [0.5, 0.6) is 0 Å². The maximum absolute atomic E-state index is 12.7. The third kappa shape index (κ3) is 3.20. The molecule has 0 saturated heterocycles. The van der Waals surface area contributed by atoms with Crippen LogP contribution in [0.4, 0.5) is 5.82 Å². The number of hydrogen-bond donors (Lipinski definition) is 1. The second-order valence-electron chi connectivity index (χ2n) is 7.03. The van der Waals surface area contributed by atoms with Crippen LogP contribution >= 0.6 is 11.6 Å². The van der Waals surface area contributed by atoms with Gasteiger partial charge >= 0.3 is 11.3 Å². The number of para-hydroxylation sites is 1. The van der Waals surface area contributed by atoms with Crippen molar-refractivity contribution in [2.75, 3.05) is 5.73 Å². The molecule has 7 nitrogen and oxygen atoms in total. The van der Waals surface area contributed by atoms with Crippen LogP contribution in [0.1, 0.15) is 5.56 Å². The summed E-state index contributed by atoms with van der Waals surface area (Å²) in [6.45, 7) is 0. The van der Waals surface area contributed by atoms with Crippen molar-refractivity contribution in [2.24, 2.45) is 0 Å². The Hall–Kier alpha value is -4.41. The normalized spacial score (nSPS) is 11.0. The minimum atomic E-state index is -0.610. The summed E-state index contributed by atoms with van der Waals surface area (Å²) in [5.41, 5.74) is 6.75. The Morgan fingerprint density at radius 2 is 1.72 bits per heavy atom. The number of rotatable bonds is 2. The summed E-state index contributed by atoms with van der Waals surface area (Å²) in [4.78, 5) is 29.1. The third-order valence-electron chi connectivity index (χ3n) is 5.07. The van der Waals surface area contributed by atoms with Crippen molar-refractivity contribution in [1.29, 1.82) is 5.26 Å². The zero-order chi connectivity index (χ0) is 22.4. The molecule has 154 valence electrons. The molecule has 0 aliphatic heterocycles. The van der Waals surface area contributed by atoms with E-state index in [9.17, 15) is 14.9 Å². The van der Waals surface area contributed by atoms with Crippen molar-refractivity contribution in [2.45, 2.75) is 0 Å². The Morgan fingerprint density at radius 3 is 2.53 bits per heavy atom. The summed E-state index contributed by atoms with van der Waals surface area (Å²) in [6.07, 6.45) is 0. The number of benzene rings is 2. The fourth-order valence-corrected chi connectivity index (χ4v) is 3.80. The average molecular weight is 442 g/mol. The van der Waals surface area contributed by atoms with Gasteiger partial charge in [0, 0.05) is 33.0 Å². The molecule has 0 saturated carbocycles. The zero-order valence-electron chi connectivity index (χ0n) is 16.3. The van der Waals surface area contributed by atoms with Crippen LogP contribution in [-0.4, -0.2) is 4.98 Å². The highest BCUT2D eigenvalue weighted by molar-refractivity contribution is 6.31. The van der Waals surface area contributed by atoms with Crippen LogP contribution in [0.2, 0.25) is 5.02 Å². The summed E-state index contributed by atoms with van der Waals surface area (Å²) in [5, 5.41) is 11.4. The highest BCUT2D eigenvalue weighted by Gasteiger charge is 2.19. The monoisotopic (exact) mass is 441 g/mol. The maximum Gasteiger partial charge on any atom is 0.345 e. The number of fused-ring (bicyclic) bond motifs is 2. The SMILES string of the molecule is N#Cc1c(-c2cc(=O)oc3ccc(Cl)cc23)cc(-c2cc3ccccc3oc2=O)nc1N. The largest absolute Gasteiger partial charge is 0.423 e. The van der Waals surface area contributed by atoms with Crippen molar-refractivity contribution >= 4 is 39.4 Å². The van der Waals surface area contributed by atoms with Crippen LogP contribution < -0.4 is 17.0 Å². The molecular weight excluding hydrogens is 430 g/mol. The van der Waals surface area contributed by atoms with E-state index in [1.807, 2.05) is 12.1 Å². The molecule has 0 spiro atoms. The van der Waals surface area contributed by atoms with Crippen molar-refractivity contribution in [3.63, 3.8) is 0 Å². The molecule has 5 aromatic rings. The van der Waals surface area contributed by atoms with Gasteiger partial charge < -0.3 is 14.6 Å². The lowest BCUT2D eigenvalue weighted by atomic mass is 9.96. The second-order valence-corrected chi connectivity index (χ2v) is 7.47. The minimum Gasteiger partial charge on any atom is -0.423 e. The predicted octanol–water partition coefficient (Wildman–Crippen LogP) is 4.74. The molecule has 2 N–H and O–H groups in total. The first kappa shape index (κ1) is 19.5. The third-order valence-corrected chi connectivity index (χ3v) is 5.31. The van der Waals surface area contributed by atoms with Gasteiger partial charge in [-0.2, -0.15) is 5.26 Å². The van der Waals surface area contributed by atoms with Gasteiger partial charge in [0.05, 0.1) is 11.3 Å². The molecule has 0 bridgehead atoms. The molecule has 0 aliphatic rings. The summed E-state index contributed by atoms with van der Waals surface area (Å²) < 4.78 is 10.7. The minimum absolute atomic E-state index is 0.0609. The Labute approximate surface area is 184 Å². The molecule has 8 heteroatoms. The van der Waals surface area contributed by atoms with E-state index in [0.29, 0.717) is 38.1 Å². The standard InChI is InChI=1S/C24H12ClN3O4/c25-13-5-6-21-16(8-13)15(10-22(29)31-21)14-9-19(28-23(27)18(14)11-26)17-7-12-3-1-2-4-20(12)32-24(17)30/h1-10H,(H2,27,28). The predicted molar refractivity (Wildman–Crippen MR) is 121 cm³/mol. The van der Waals surface area contributed by atoms with Crippen LogP contribution in [0.3, 0.4) is 0 Å². The summed E-state index contributed by atoms with van der Waals surface area (Å²) in [7, 11) is 0. The molecule has 0 radical (unpaired) electrons. The first-order valence-electron chi connectivity index (χ1n) is 9.42. The Kier molecular flexibility index (Phi) is 4.51. The smallest absolute Gasteiger partial charge is 0.345 e. The number of nitrogens with zero attached hydrogens (tertiary/aromatic N) is 2. The molecular formula is C24H12ClN3O4. The van der Waals surface area contributed by atoms with E-state index < -0.39 is 11.3 Å². The summed E-state index contributed by atoms with van der Waals surface area (Å²) >= 11 is 6.15. The number of hydrogen-bond acceptors (Lipinski definition) is 7. The molecule has 2 aromatic carbocycles. The first-order valence-corrected chi connectivity index (χ1v) is 9.80. The lowest BCUT2D eigenvalue weighted by molar-refractivity contribution is 0.561. The average Bonchev–Trinajstić information content (AvgIpc) is 2.78. The fourth-order valence-electron chi connectivity index (χ4n) is 3.63. The lowest BCUT2D eigenvalue weighted by Gasteiger charge is -2.12. The van der Waals surface area contributed by atoms with E-state index in [-0.39, 0.29) is 22.6 Å². The van der Waals surface area contributed by atoms with E-state index in [4.69, 9.17) is 26.2 Å². The van der Waals surface area contributed by atoms with Crippen LogP contribution in [0.25, 0.3) is 44.3 Å². The van der Waals surface area contributed by atoms with Gasteiger partial charge in [0.25, 0.3) is 0 Å². The van der Waals surface area contributed by atoms with E-state index >= 15 is 0 Å². The number of aromatic nitrogens is 1. The number of halogens is 1. The number of nitrogen functional groups attached to an aromatic ring is 1. The van der Waals surface area contributed by atoms with Crippen molar-refractivity contribution < 1.29 is 8.83 Å². The van der Waals surface area contributed by atoms with Crippen LogP contribution in [0.15, 0.2) is 79.1 Å². The molecule has 3 aromatic heterocycles. The summed E-state index contributed by atoms with van der Waals surface area (Å²) in [5.74, 6) is -0.0871. The van der Waals surface area contributed by atoms with Gasteiger partial charge in [-0.05, 0) is 36.4 Å². The second kappa shape index (κ2) is 7.38. The molecule has 5 rings (SSSR count). The van der Waals surface area contributed by atoms with E-state index in [1.54, 1.807) is 42.5 Å². The molecule has 3 heterocycles. The molecule has 0 aliphatic carbocycles. The van der Waals surface area contributed by atoms with Crippen LogP contribution in [0, 0.1) is 11.3 Å². The lowest BCUT2D eigenvalue weighted by Crippen LogP contribution is -2.07. The number of pyridine rings is 1. The van der Waals surface area contributed by atoms with E-state index in [0.717, 1.165) is 0 Å². The molecule has 0 amide bonds. The number of anilines is 1. The highest BCUT2D eigenvalue weighted by Crippen LogP contribution is 2.35. The number of nitriles is 1. The molecule has 0 fully saturated rings. The van der Waals surface area contributed by atoms with Gasteiger partial charge in [0.15, 0.2) is 0 Å². The molecule has 0 atom stereocenters. The van der Waals surface area contributed by atoms with Crippen LogP contribution in [-0.2, 0) is 0 Å². The van der Waals surface area contributed by atoms with Gasteiger partial charge in [0.1, 0.15) is 28.6 Å². The zero-order valence-corrected chi connectivity index (χ0v) is 17.0. The molecule has 32 heavy (non-hydrogen) atoms. The first-order chi connectivity index (χ1) is 15.4. The van der Waals surface area contributed by atoms with Crippen molar-refractivity contribution in [1.82, 2.24) is 4.98 Å². The highest BCUT2D eigenvalue weighted by atomic mass is 35.5. The van der Waals surface area contributed by atoms with E-state index in [1.165, 1.54) is 12.1 Å². The topological polar surface area (TPSA) is 123 Å². The van der Waals surface area contributed by atoms with Crippen molar-refractivity contribution in [3.8, 4) is 28.5 Å². The van der Waals surface area contributed by atoms with Gasteiger partial charge in [0.2, 0.25) is 0 Å². The number of nitrogens with two attached hydrogens (primary N) is 1. The quantitative estimate of drug-likeness (QED) is 0.392. The Balaban J connectivity index is 1.85. The van der Waals surface area contributed by atoms with Gasteiger partial charge in [-0.3, -0.25) is 0 Å². The Bertz CT molecular complexity index is 1710. The van der Waals surface area contributed by atoms with E-state index in [2.05, 4.69) is 4.98 Å². The summed E-state index contributed by atoms with van der Waals surface area (Å²) in [6, 6.07) is 18.3. The Morgan fingerprint density at radius 1 is 0.906 bits per heavy atom.